The lowest BCUT2D eigenvalue weighted by molar-refractivity contribution is -0.120. The summed E-state index contributed by atoms with van der Waals surface area (Å²) < 4.78 is 0. The number of nitrogens with one attached hydrogen (secondary N) is 1. The van der Waals surface area contributed by atoms with Crippen LogP contribution in [0.25, 0.3) is 0 Å². The van der Waals surface area contributed by atoms with E-state index in [9.17, 15) is 4.79 Å². The van der Waals surface area contributed by atoms with Gasteiger partial charge in [0.25, 0.3) is 0 Å². The molecular formula is C7H14N2O2. The third kappa shape index (κ3) is 6.83. The van der Waals surface area contributed by atoms with Crippen molar-refractivity contribution < 1.29 is 9.63 Å². The van der Waals surface area contributed by atoms with Crippen molar-refractivity contribution in [1.82, 2.24) is 5.32 Å². The second kappa shape index (κ2) is 7.05. The molecule has 0 aliphatic rings. The number of carbonyl (C=O) groups is 1. The molecule has 1 N–H and O–H groups in total. The van der Waals surface area contributed by atoms with E-state index in [1.165, 1.54) is 6.21 Å². The molecule has 11 heavy (non-hydrogen) atoms. The van der Waals surface area contributed by atoms with Crippen molar-refractivity contribution in [3.63, 3.8) is 0 Å². The maximum atomic E-state index is 10.6. The van der Waals surface area contributed by atoms with Gasteiger partial charge in [-0.1, -0.05) is 12.1 Å². The normalized spacial score (nSPS) is 10.0. The highest BCUT2D eigenvalue weighted by Crippen LogP contribution is 1.73. The smallest absolute Gasteiger partial charge is 0.220 e. The molecule has 0 saturated carbocycles. The van der Waals surface area contributed by atoms with Crippen LogP contribution in [0.1, 0.15) is 20.3 Å². The summed E-state index contributed by atoms with van der Waals surface area (Å²) in [5.74, 6) is 0.0212. The number of oxime groups is 1. The summed E-state index contributed by atoms with van der Waals surface area (Å²) in [6.07, 6.45) is 2.03. The Morgan fingerprint density at radius 3 is 2.91 bits per heavy atom. The highest BCUT2D eigenvalue weighted by Gasteiger charge is 1.91. The maximum Gasteiger partial charge on any atom is 0.220 e. The van der Waals surface area contributed by atoms with Gasteiger partial charge in [0.2, 0.25) is 5.91 Å². The van der Waals surface area contributed by atoms with Crippen molar-refractivity contribution in [2.75, 3.05) is 13.2 Å². The summed E-state index contributed by atoms with van der Waals surface area (Å²) in [5, 5.41) is 6.18. The fourth-order valence-electron chi connectivity index (χ4n) is 0.449. The minimum Gasteiger partial charge on any atom is -0.396 e. The van der Waals surface area contributed by atoms with Gasteiger partial charge in [-0.3, -0.25) is 4.79 Å². The molecule has 0 aliphatic carbocycles. The van der Waals surface area contributed by atoms with Gasteiger partial charge < -0.3 is 10.2 Å². The van der Waals surface area contributed by atoms with Gasteiger partial charge in [-0.05, 0) is 6.92 Å². The first-order valence-corrected chi connectivity index (χ1v) is 3.71. The zero-order valence-electron chi connectivity index (χ0n) is 6.96. The predicted molar refractivity (Wildman–Crippen MR) is 43.4 cm³/mol. The quantitative estimate of drug-likeness (QED) is 0.469. The Kier molecular flexibility index (Phi) is 6.37. The van der Waals surface area contributed by atoms with Crippen molar-refractivity contribution in [1.29, 1.82) is 0 Å². The number of amides is 1. The van der Waals surface area contributed by atoms with Crippen LogP contribution in [0.4, 0.5) is 0 Å². The van der Waals surface area contributed by atoms with E-state index in [1.807, 2.05) is 6.92 Å². The van der Waals surface area contributed by atoms with Crippen molar-refractivity contribution in [3.05, 3.63) is 0 Å². The van der Waals surface area contributed by atoms with E-state index in [4.69, 9.17) is 0 Å². The van der Waals surface area contributed by atoms with Crippen molar-refractivity contribution in [2.24, 2.45) is 5.16 Å². The molecule has 0 saturated heterocycles. The molecule has 1 amide bonds. The van der Waals surface area contributed by atoms with Gasteiger partial charge in [0.15, 0.2) is 0 Å². The zero-order chi connectivity index (χ0) is 8.53. The van der Waals surface area contributed by atoms with Crippen LogP contribution in [0, 0.1) is 0 Å². The lowest BCUT2D eigenvalue weighted by Gasteiger charge is -1.96. The number of hydrogen-bond acceptors (Lipinski definition) is 3. The van der Waals surface area contributed by atoms with E-state index >= 15 is 0 Å². The van der Waals surface area contributed by atoms with Gasteiger partial charge in [0.1, 0.15) is 6.61 Å². The lowest BCUT2D eigenvalue weighted by Crippen LogP contribution is -2.23. The molecule has 0 radical (unpaired) electrons. The molecule has 64 valence electrons. The molecule has 4 heteroatoms. The first kappa shape index (κ1) is 9.94. The van der Waals surface area contributed by atoms with Gasteiger partial charge in [0, 0.05) is 6.42 Å². The summed E-state index contributed by atoms with van der Waals surface area (Å²) in [6, 6.07) is 0. The van der Waals surface area contributed by atoms with Gasteiger partial charge >= 0.3 is 0 Å². The molecule has 0 bridgehead atoms. The molecule has 0 aromatic carbocycles. The SMILES string of the molecule is CCON=CCNC(=O)CC. The largest absolute Gasteiger partial charge is 0.396 e. The summed E-state index contributed by atoms with van der Waals surface area (Å²) in [7, 11) is 0. The monoisotopic (exact) mass is 158 g/mol. The van der Waals surface area contributed by atoms with E-state index < -0.39 is 0 Å². The fourth-order valence-corrected chi connectivity index (χ4v) is 0.449. The molecular weight excluding hydrogens is 144 g/mol. The van der Waals surface area contributed by atoms with E-state index in [1.54, 1.807) is 6.92 Å². The average Bonchev–Trinajstić information content (AvgIpc) is 2.04. The summed E-state index contributed by atoms with van der Waals surface area (Å²) >= 11 is 0. The van der Waals surface area contributed by atoms with Crippen molar-refractivity contribution in [3.8, 4) is 0 Å². The average molecular weight is 158 g/mol. The number of nitrogens with zero attached hydrogens (tertiary/aromatic N) is 1. The molecule has 4 nitrogen and oxygen atoms in total. The van der Waals surface area contributed by atoms with Crippen LogP contribution in [0.5, 0.6) is 0 Å². The lowest BCUT2D eigenvalue weighted by atomic mass is 10.4. The first-order chi connectivity index (χ1) is 5.31. The van der Waals surface area contributed by atoms with Crippen LogP contribution in [-0.2, 0) is 9.63 Å². The Hall–Kier alpha value is -1.06. The van der Waals surface area contributed by atoms with Crippen LogP contribution >= 0.6 is 0 Å². The molecule has 0 fully saturated rings. The molecule has 0 heterocycles. The third-order valence-electron chi connectivity index (χ3n) is 0.990. The van der Waals surface area contributed by atoms with Crippen LogP contribution < -0.4 is 5.32 Å². The minimum absolute atomic E-state index is 0.0212. The molecule has 0 aliphatic heterocycles. The van der Waals surface area contributed by atoms with Crippen LogP contribution in [0.2, 0.25) is 0 Å². The van der Waals surface area contributed by atoms with E-state index in [2.05, 4.69) is 15.3 Å². The molecule has 0 unspecified atom stereocenters. The Bertz CT molecular complexity index is 134. The van der Waals surface area contributed by atoms with Crippen LogP contribution in [-0.4, -0.2) is 25.3 Å². The standard InChI is InChI=1S/C7H14N2O2/c1-3-7(10)8-5-6-9-11-4-2/h6H,3-5H2,1-2H3,(H,8,10). The van der Waals surface area contributed by atoms with Crippen LogP contribution in [0.15, 0.2) is 5.16 Å². The summed E-state index contributed by atoms with van der Waals surface area (Å²) in [6.45, 7) is 4.64. The minimum atomic E-state index is 0.0212. The Morgan fingerprint density at radius 1 is 1.64 bits per heavy atom. The number of rotatable bonds is 5. The van der Waals surface area contributed by atoms with E-state index in [0.717, 1.165) is 0 Å². The molecule has 0 aromatic rings. The molecule has 0 aromatic heterocycles. The Balaban J connectivity index is 3.19. The third-order valence-corrected chi connectivity index (χ3v) is 0.990. The molecule has 0 spiro atoms. The Labute approximate surface area is 66.6 Å². The molecule has 0 rings (SSSR count). The van der Waals surface area contributed by atoms with Gasteiger partial charge in [-0.25, -0.2) is 0 Å². The van der Waals surface area contributed by atoms with Gasteiger partial charge in [0.05, 0.1) is 12.8 Å². The van der Waals surface area contributed by atoms with Crippen molar-refractivity contribution in [2.45, 2.75) is 20.3 Å². The predicted octanol–water partition coefficient (Wildman–Crippen LogP) is 0.535. The van der Waals surface area contributed by atoms with E-state index in [0.29, 0.717) is 19.6 Å². The highest BCUT2D eigenvalue weighted by atomic mass is 16.6. The zero-order valence-corrected chi connectivity index (χ0v) is 6.96. The maximum absolute atomic E-state index is 10.6. The second-order valence-corrected chi connectivity index (χ2v) is 1.86. The summed E-state index contributed by atoms with van der Waals surface area (Å²) in [5.41, 5.74) is 0. The van der Waals surface area contributed by atoms with Crippen LogP contribution in [0.3, 0.4) is 0 Å². The van der Waals surface area contributed by atoms with Gasteiger partial charge in [-0.2, -0.15) is 0 Å². The second-order valence-electron chi connectivity index (χ2n) is 1.86. The Morgan fingerprint density at radius 2 is 2.36 bits per heavy atom. The van der Waals surface area contributed by atoms with E-state index in [-0.39, 0.29) is 5.91 Å². The topological polar surface area (TPSA) is 50.7 Å². The highest BCUT2D eigenvalue weighted by molar-refractivity contribution is 5.78. The van der Waals surface area contributed by atoms with Crippen molar-refractivity contribution >= 4 is 12.1 Å². The summed E-state index contributed by atoms with van der Waals surface area (Å²) in [4.78, 5) is 15.3. The van der Waals surface area contributed by atoms with Gasteiger partial charge in [-0.15, -0.1) is 0 Å². The first-order valence-electron chi connectivity index (χ1n) is 3.71. The molecule has 0 atom stereocenters. The number of carbonyl (C=O) groups excluding carboxylic acids is 1. The number of hydrogen-bond donors (Lipinski definition) is 1. The fraction of sp³-hybridized carbons (Fsp3) is 0.714.